The van der Waals surface area contributed by atoms with E-state index in [0.29, 0.717) is 4.49 Å². The quantitative estimate of drug-likeness (QED) is 0.615. The molecule has 17 heavy (non-hydrogen) atoms. The lowest BCUT2D eigenvalue weighted by molar-refractivity contribution is -0.751. The smallest absolute Gasteiger partial charge is 0.135 e. The summed E-state index contributed by atoms with van der Waals surface area (Å²) in [5.74, 6) is 0.236. The fourth-order valence-corrected chi connectivity index (χ4v) is 3.36. The Labute approximate surface area is 110 Å². The molecule has 2 bridgehead atoms. The second-order valence-electron chi connectivity index (χ2n) is 4.42. The van der Waals surface area contributed by atoms with Gasteiger partial charge in [0.2, 0.25) is 0 Å². The van der Waals surface area contributed by atoms with Crippen LogP contribution in [0.4, 0.5) is 5.69 Å². The van der Waals surface area contributed by atoms with Crippen molar-refractivity contribution in [3.63, 3.8) is 0 Å². The second kappa shape index (κ2) is 3.85. The minimum atomic E-state index is 0.0834. The maximum Gasteiger partial charge on any atom is 0.135 e. The Morgan fingerprint density at radius 1 is 1.24 bits per heavy atom. The van der Waals surface area contributed by atoms with Crippen LogP contribution in [-0.2, 0) is 0 Å². The highest BCUT2D eigenvalue weighted by atomic mass is 35.5. The van der Waals surface area contributed by atoms with E-state index in [0.717, 1.165) is 16.8 Å². The molecule has 1 aromatic carbocycles. The fourth-order valence-electron chi connectivity index (χ4n) is 2.89. The van der Waals surface area contributed by atoms with Crippen molar-refractivity contribution in [2.75, 3.05) is 7.05 Å². The predicted molar refractivity (Wildman–Crippen MR) is 69.7 cm³/mol. The van der Waals surface area contributed by atoms with Crippen LogP contribution in [0.3, 0.4) is 0 Å². The Bertz CT molecular complexity index is 544. The molecule has 0 heterocycles. The molecule has 1 aromatic rings. The van der Waals surface area contributed by atoms with E-state index in [1.54, 1.807) is 7.05 Å². The average molecular weight is 268 g/mol. The van der Waals surface area contributed by atoms with Gasteiger partial charge in [0.1, 0.15) is 10.2 Å². The lowest BCUT2D eigenvalue weighted by Crippen LogP contribution is -2.98. The third-order valence-electron chi connectivity index (χ3n) is 3.55. The first-order valence-corrected chi connectivity index (χ1v) is 6.24. The number of fused-ring (bicyclic) bond motifs is 5. The Balaban J connectivity index is 2.24. The van der Waals surface area contributed by atoms with Crippen LogP contribution in [0, 0.1) is 5.21 Å². The van der Waals surface area contributed by atoms with Gasteiger partial charge in [0.15, 0.2) is 0 Å². The zero-order valence-corrected chi connectivity index (χ0v) is 10.7. The Hall–Kier alpha value is -0.800. The molecule has 0 saturated carbocycles. The number of quaternary nitrogens is 1. The van der Waals surface area contributed by atoms with E-state index in [-0.39, 0.29) is 16.9 Å². The number of allylic oxidation sites excluding steroid dienone is 3. The van der Waals surface area contributed by atoms with Crippen LogP contribution in [0.2, 0.25) is 0 Å². The monoisotopic (exact) mass is 267 g/mol. The van der Waals surface area contributed by atoms with Gasteiger partial charge in [-0.05, 0) is 17.2 Å². The largest absolute Gasteiger partial charge is 0.629 e. The van der Waals surface area contributed by atoms with Crippen LogP contribution >= 0.6 is 23.2 Å². The van der Waals surface area contributed by atoms with Crippen molar-refractivity contribution >= 4 is 28.9 Å². The van der Waals surface area contributed by atoms with Gasteiger partial charge in [0, 0.05) is 17.4 Å². The van der Waals surface area contributed by atoms with E-state index in [4.69, 9.17) is 23.2 Å². The number of hydrogen-bond donors (Lipinski definition) is 1. The molecule has 88 valence electrons. The van der Waals surface area contributed by atoms with Gasteiger partial charge in [-0.15, -0.1) is 0 Å². The summed E-state index contributed by atoms with van der Waals surface area (Å²) in [6.45, 7) is 0. The van der Waals surface area contributed by atoms with Gasteiger partial charge in [-0.1, -0.05) is 47.5 Å². The third kappa shape index (κ3) is 1.49. The molecule has 3 unspecified atom stereocenters. The molecule has 3 atom stereocenters. The molecule has 0 aliphatic heterocycles. The molecule has 4 heteroatoms. The maximum absolute atomic E-state index is 11.7. The number of nitrogens with one attached hydrogen (secondary N) is 1. The second-order valence-corrected chi connectivity index (χ2v) is 5.37. The normalized spacial score (nSPS) is 26.2. The van der Waals surface area contributed by atoms with Crippen molar-refractivity contribution in [3.8, 4) is 0 Å². The summed E-state index contributed by atoms with van der Waals surface area (Å²) in [7, 11) is 1.59. The molecule has 0 saturated heterocycles. The topological polar surface area (TPSA) is 27.5 Å². The van der Waals surface area contributed by atoms with Crippen molar-refractivity contribution in [2.24, 2.45) is 0 Å². The van der Waals surface area contributed by atoms with Gasteiger partial charge in [0.05, 0.1) is 7.05 Å². The summed E-state index contributed by atoms with van der Waals surface area (Å²) in [5, 5.41) is 11.7. The highest BCUT2D eigenvalue weighted by molar-refractivity contribution is 6.56. The van der Waals surface area contributed by atoms with Crippen LogP contribution in [-0.4, -0.2) is 7.05 Å². The van der Waals surface area contributed by atoms with Crippen molar-refractivity contribution in [1.82, 2.24) is 0 Å². The summed E-state index contributed by atoms with van der Waals surface area (Å²) in [6.07, 6.45) is 4.19. The third-order valence-corrected chi connectivity index (χ3v) is 3.99. The predicted octanol–water partition coefficient (Wildman–Crippen LogP) is 2.77. The fraction of sp³-hybridized carbons (Fsp3) is 0.231. The number of halogens is 2. The van der Waals surface area contributed by atoms with Gasteiger partial charge in [-0.25, -0.2) is 0 Å². The van der Waals surface area contributed by atoms with E-state index in [9.17, 15) is 5.21 Å². The molecular weight excluding hydrogens is 257 g/mol. The van der Waals surface area contributed by atoms with Crippen molar-refractivity contribution < 1.29 is 5.06 Å². The van der Waals surface area contributed by atoms with Crippen LogP contribution in [0.15, 0.2) is 40.4 Å². The molecule has 0 radical (unpaired) electrons. The standard InChI is InChI=1S/C13H11Cl2NO/c1-16(17)10-4-2-3-7-8-5-6-9(11(7)10)12(8)13(14)15/h2-6,8-9,16H,1H3. The number of benzene rings is 1. The molecule has 3 rings (SSSR count). The molecule has 1 N–H and O–H groups in total. The van der Waals surface area contributed by atoms with E-state index in [1.807, 2.05) is 18.2 Å². The van der Waals surface area contributed by atoms with Gasteiger partial charge >= 0.3 is 0 Å². The Kier molecular flexibility index (Phi) is 2.56. The maximum atomic E-state index is 11.7. The van der Waals surface area contributed by atoms with Gasteiger partial charge < -0.3 is 10.3 Å². The van der Waals surface area contributed by atoms with Gasteiger partial charge in [-0.3, -0.25) is 0 Å². The zero-order chi connectivity index (χ0) is 12.2. The van der Waals surface area contributed by atoms with Gasteiger partial charge in [-0.2, -0.15) is 0 Å². The zero-order valence-electron chi connectivity index (χ0n) is 9.21. The molecule has 0 spiro atoms. The summed E-state index contributed by atoms with van der Waals surface area (Å²) in [5.41, 5.74) is 4.05. The SMILES string of the molecule is C[NH+]([O-])c1cccc2c1C1C=CC2C1=C(Cl)Cl. The average Bonchev–Trinajstić information content (AvgIpc) is 2.84. The summed E-state index contributed by atoms with van der Waals surface area (Å²) < 4.78 is 0.329. The lowest BCUT2D eigenvalue weighted by atomic mass is 9.95. The van der Waals surface area contributed by atoms with Crippen molar-refractivity contribution in [2.45, 2.75) is 11.8 Å². The van der Waals surface area contributed by atoms with Crippen LogP contribution in [0.25, 0.3) is 0 Å². The summed E-state index contributed by atoms with van der Waals surface area (Å²) >= 11 is 11.9. The molecule has 2 nitrogen and oxygen atoms in total. The molecule has 2 aliphatic carbocycles. The van der Waals surface area contributed by atoms with Crippen LogP contribution in [0.1, 0.15) is 23.0 Å². The van der Waals surface area contributed by atoms with Crippen LogP contribution in [0.5, 0.6) is 0 Å². The first-order chi connectivity index (χ1) is 8.11. The number of hydroxylamine groups is 1. The summed E-state index contributed by atoms with van der Waals surface area (Å²) in [4.78, 5) is 0. The molecule has 0 aromatic heterocycles. The molecule has 0 fully saturated rings. The number of rotatable bonds is 1. The van der Waals surface area contributed by atoms with Crippen molar-refractivity contribution in [3.05, 3.63) is 56.7 Å². The molecule has 2 aliphatic rings. The first-order valence-electron chi connectivity index (χ1n) is 5.48. The Morgan fingerprint density at radius 2 is 1.94 bits per heavy atom. The number of hydrogen-bond acceptors (Lipinski definition) is 1. The molecular formula is C13H11Cl2NO. The minimum absolute atomic E-state index is 0.0834. The first kappa shape index (κ1) is 11.3. The highest BCUT2D eigenvalue weighted by Crippen LogP contribution is 2.56. The lowest BCUT2D eigenvalue weighted by Gasteiger charge is -2.21. The highest BCUT2D eigenvalue weighted by Gasteiger charge is 2.41. The minimum Gasteiger partial charge on any atom is -0.629 e. The van der Waals surface area contributed by atoms with E-state index < -0.39 is 0 Å². The Morgan fingerprint density at radius 3 is 2.59 bits per heavy atom. The molecule has 0 amide bonds. The van der Waals surface area contributed by atoms with Crippen LogP contribution < -0.4 is 5.06 Å². The van der Waals surface area contributed by atoms with Gasteiger partial charge in [0.25, 0.3) is 0 Å². The summed E-state index contributed by atoms with van der Waals surface area (Å²) in [6, 6.07) is 5.84. The van der Waals surface area contributed by atoms with E-state index in [1.165, 1.54) is 5.56 Å². The van der Waals surface area contributed by atoms with E-state index in [2.05, 4.69) is 12.2 Å². The van der Waals surface area contributed by atoms with Crippen molar-refractivity contribution in [1.29, 1.82) is 0 Å². The van der Waals surface area contributed by atoms with E-state index >= 15 is 0 Å².